The van der Waals surface area contributed by atoms with Gasteiger partial charge in [0.15, 0.2) is 0 Å². The van der Waals surface area contributed by atoms with Crippen molar-refractivity contribution in [3.63, 3.8) is 0 Å². The molecular weight excluding hydrogens is 410 g/mol. The van der Waals surface area contributed by atoms with Gasteiger partial charge >= 0.3 is 18.4 Å². The number of carbonyl (C=O) groups is 2. The zero-order valence-electron chi connectivity index (χ0n) is 15.4. The highest BCUT2D eigenvalue weighted by Gasteiger charge is 2.61. The van der Waals surface area contributed by atoms with Crippen LogP contribution in [0.15, 0.2) is 0 Å². The number of amides is 2. The number of likely N-dealkylation sites (tertiary alicyclic amines) is 1. The number of nitrogens with one attached hydrogen (secondary N) is 1. The second-order valence-corrected chi connectivity index (χ2v) is 7.85. The number of nitrogens with zero attached hydrogens (tertiary/aromatic N) is 1. The zero-order chi connectivity index (χ0) is 21.4. The van der Waals surface area contributed by atoms with Crippen molar-refractivity contribution in [2.45, 2.75) is 56.6 Å². The fraction of sp³-hybridized carbons (Fsp3) is 0.882. The molecule has 2 saturated heterocycles. The van der Waals surface area contributed by atoms with Gasteiger partial charge in [-0.3, -0.25) is 4.79 Å². The summed E-state index contributed by atoms with van der Waals surface area (Å²) in [6.07, 6.45) is -14.6. The molecule has 1 spiro atoms. The molecule has 2 amide bonds. The third-order valence-corrected chi connectivity index (χ3v) is 5.90. The lowest BCUT2D eigenvalue weighted by molar-refractivity contribution is -0.308. The van der Waals surface area contributed by atoms with Crippen LogP contribution in [0.2, 0.25) is 0 Å². The van der Waals surface area contributed by atoms with E-state index in [1.807, 2.05) is 0 Å². The summed E-state index contributed by atoms with van der Waals surface area (Å²) in [5.74, 6) is -0.344. The minimum Gasteiger partial charge on any atom is -0.426 e. The molecule has 0 bridgehead atoms. The maximum atomic E-state index is 12.5. The number of hydrogen-bond donors (Lipinski definition) is 1. The zero-order valence-corrected chi connectivity index (χ0v) is 15.4. The quantitative estimate of drug-likeness (QED) is 0.697. The Morgan fingerprint density at radius 2 is 1.59 bits per heavy atom. The predicted octanol–water partition coefficient (Wildman–Crippen LogP) is 3.01. The molecular formula is C17H22F6N2O4. The summed E-state index contributed by atoms with van der Waals surface area (Å²) in [6, 6.07) is 0.0469. The molecule has 1 atom stereocenters. The van der Waals surface area contributed by atoms with Crippen LogP contribution in [0, 0.1) is 11.3 Å². The Hall–Kier alpha value is -1.72. The van der Waals surface area contributed by atoms with E-state index in [9.17, 15) is 35.9 Å². The van der Waals surface area contributed by atoms with Crippen LogP contribution >= 0.6 is 0 Å². The first kappa shape index (κ1) is 22.0. The highest BCUT2D eigenvalue weighted by molar-refractivity contribution is 5.83. The average molecular weight is 432 g/mol. The van der Waals surface area contributed by atoms with Crippen molar-refractivity contribution in [2.24, 2.45) is 11.3 Å². The number of alkyl halides is 6. The van der Waals surface area contributed by atoms with E-state index in [2.05, 4.69) is 10.1 Å². The van der Waals surface area contributed by atoms with E-state index < -0.39 is 24.5 Å². The summed E-state index contributed by atoms with van der Waals surface area (Å²) in [7, 11) is 0. The Labute approximate surface area is 162 Å². The maximum absolute atomic E-state index is 12.5. The molecule has 3 rings (SSSR count). The summed E-state index contributed by atoms with van der Waals surface area (Å²) in [4.78, 5) is 25.1. The van der Waals surface area contributed by atoms with Crippen LogP contribution in [-0.4, -0.2) is 67.7 Å². The van der Waals surface area contributed by atoms with Crippen molar-refractivity contribution in [3.8, 4) is 0 Å². The van der Waals surface area contributed by atoms with Gasteiger partial charge in [-0.2, -0.15) is 26.3 Å². The van der Waals surface area contributed by atoms with Gasteiger partial charge in [0, 0.05) is 38.3 Å². The Balaban J connectivity index is 1.49. The molecule has 1 unspecified atom stereocenters. The molecule has 12 heteroatoms. The third-order valence-electron chi connectivity index (χ3n) is 5.90. The van der Waals surface area contributed by atoms with Crippen LogP contribution in [0.1, 0.15) is 32.1 Å². The van der Waals surface area contributed by atoms with Crippen molar-refractivity contribution in [3.05, 3.63) is 0 Å². The number of hydrogen-bond acceptors (Lipinski definition) is 4. The Morgan fingerprint density at radius 1 is 1.03 bits per heavy atom. The first-order chi connectivity index (χ1) is 13.4. The molecule has 0 aromatic carbocycles. The molecule has 6 nitrogen and oxygen atoms in total. The smallest absolute Gasteiger partial charge is 0.426 e. The molecule has 0 aromatic heterocycles. The molecule has 0 aromatic rings. The number of halogens is 6. The van der Waals surface area contributed by atoms with Crippen molar-refractivity contribution < 1.29 is 45.4 Å². The highest BCUT2D eigenvalue weighted by Crippen LogP contribution is 2.59. The molecule has 29 heavy (non-hydrogen) atoms. The Morgan fingerprint density at radius 3 is 2.10 bits per heavy atom. The lowest BCUT2D eigenvalue weighted by Crippen LogP contribution is -2.49. The van der Waals surface area contributed by atoms with Gasteiger partial charge in [0.2, 0.25) is 5.91 Å². The lowest BCUT2D eigenvalue weighted by atomic mass is 9.90. The Kier molecular flexibility index (Phi) is 5.94. The average Bonchev–Trinajstić information content (AvgIpc) is 3.32. The second-order valence-electron chi connectivity index (χ2n) is 7.85. The molecule has 166 valence electrons. The van der Waals surface area contributed by atoms with E-state index in [0.29, 0.717) is 32.5 Å². The van der Waals surface area contributed by atoms with Crippen molar-refractivity contribution in [2.75, 3.05) is 26.3 Å². The third kappa shape index (κ3) is 5.07. The largest absolute Gasteiger partial charge is 0.434 e. The van der Waals surface area contributed by atoms with Crippen LogP contribution in [0.3, 0.4) is 0 Å². The first-order valence-corrected chi connectivity index (χ1v) is 9.39. The lowest BCUT2D eigenvalue weighted by Gasteiger charge is -2.34. The van der Waals surface area contributed by atoms with Crippen molar-refractivity contribution in [1.82, 2.24) is 10.2 Å². The number of ether oxygens (including phenoxy) is 2. The summed E-state index contributed by atoms with van der Waals surface area (Å²) in [5.41, 5.74) is -0.348. The standard InChI is InChI=1S/C17H22F6N2O4/c18-16(19,20)13(17(21,22)23)29-14(27)25-5-3-15(4-6-25)9-11(15)12(26)24-10-1-7-28-8-2-10/h10-11,13H,1-9H2,(H,24,26). The number of piperidine rings is 1. The van der Waals surface area contributed by atoms with Crippen molar-refractivity contribution in [1.29, 1.82) is 0 Å². The van der Waals surface area contributed by atoms with E-state index >= 15 is 0 Å². The molecule has 1 aliphatic carbocycles. The molecule has 1 saturated carbocycles. The Bertz CT molecular complexity index is 610. The first-order valence-electron chi connectivity index (χ1n) is 9.39. The highest BCUT2D eigenvalue weighted by atomic mass is 19.4. The summed E-state index contributed by atoms with van der Waals surface area (Å²) in [5, 5.41) is 2.97. The minimum atomic E-state index is -5.74. The van der Waals surface area contributed by atoms with Crippen molar-refractivity contribution >= 4 is 12.0 Å². The van der Waals surface area contributed by atoms with Crippen LogP contribution < -0.4 is 5.32 Å². The van der Waals surface area contributed by atoms with Crippen LogP contribution in [0.25, 0.3) is 0 Å². The topological polar surface area (TPSA) is 67.9 Å². The monoisotopic (exact) mass is 432 g/mol. The normalized spacial score (nSPS) is 25.2. The van der Waals surface area contributed by atoms with Gasteiger partial charge in [-0.25, -0.2) is 4.79 Å². The van der Waals surface area contributed by atoms with Gasteiger partial charge in [-0.1, -0.05) is 0 Å². The van der Waals surface area contributed by atoms with E-state index in [1.54, 1.807) is 0 Å². The minimum absolute atomic E-state index is 0.0469. The SMILES string of the molecule is O=C(NC1CCOCC1)C1CC12CCN(C(=O)OC(C(F)(F)F)C(F)(F)F)CC2. The van der Waals surface area contributed by atoms with E-state index in [4.69, 9.17) is 4.74 Å². The fourth-order valence-corrected chi connectivity index (χ4v) is 4.04. The van der Waals surface area contributed by atoms with Gasteiger partial charge in [-0.15, -0.1) is 0 Å². The summed E-state index contributed by atoms with van der Waals surface area (Å²) in [6.45, 7) is 1.05. The molecule has 3 fully saturated rings. The van der Waals surface area contributed by atoms with E-state index in [1.165, 1.54) is 0 Å². The van der Waals surface area contributed by atoms with Gasteiger partial charge in [0.25, 0.3) is 6.10 Å². The molecule has 2 heterocycles. The molecule has 3 aliphatic rings. The molecule has 1 N–H and O–H groups in total. The van der Waals surface area contributed by atoms with Crippen LogP contribution in [-0.2, 0) is 14.3 Å². The van der Waals surface area contributed by atoms with Gasteiger partial charge < -0.3 is 19.7 Å². The number of carbonyl (C=O) groups excluding carboxylic acids is 2. The maximum Gasteiger partial charge on any atom is 0.434 e. The molecule has 0 radical (unpaired) electrons. The van der Waals surface area contributed by atoms with Crippen LogP contribution in [0.4, 0.5) is 31.1 Å². The van der Waals surface area contributed by atoms with Crippen LogP contribution in [0.5, 0.6) is 0 Å². The van der Waals surface area contributed by atoms with Gasteiger partial charge in [-0.05, 0) is 37.5 Å². The van der Waals surface area contributed by atoms with E-state index in [0.717, 1.165) is 17.7 Å². The predicted molar refractivity (Wildman–Crippen MR) is 85.7 cm³/mol. The number of rotatable bonds is 3. The summed E-state index contributed by atoms with van der Waals surface area (Å²) < 4.78 is 84.2. The summed E-state index contributed by atoms with van der Waals surface area (Å²) >= 11 is 0. The second kappa shape index (κ2) is 7.84. The van der Waals surface area contributed by atoms with E-state index in [-0.39, 0.29) is 36.4 Å². The van der Waals surface area contributed by atoms with Gasteiger partial charge in [0.1, 0.15) is 0 Å². The molecule has 2 aliphatic heterocycles. The fourth-order valence-electron chi connectivity index (χ4n) is 4.04. The van der Waals surface area contributed by atoms with Gasteiger partial charge in [0.05, 0.1) is 0 Å².